The van der Waals surface area contributed by atoms with E-state index in [4.69, 9.17) is 16.3 Å². The van der Waals surface area contributed by atoms with E-state index >= 15 is 0 Å². The van der Waals surface area contributed by atoms with E-state index in [0.717, 1.165) is 0 Å². The van der Waals surface area contributed by atoms with Gasteiger partial charge in [-0.1, -0.05) is 29.8 Å². The Kier molecular flexibility index (Phi) is 5.11. The van der Waals surface area contributed by atoms with Gasteiger partial charge < -0.3 is 10.1 Å². The predicted molar refractivity (Wildman–Crippen MR) is 84.1 cm³/mol. The van der Waals surface area contributed by atoms with Gasteiger partial charge in [0.15, 0.2) is 0 Å². The summed E-state index contributed by atoms with van der Waals surface area (Å²) in [6.45, 7) is 1.78. The Hall–Kier alpha value is -1.97. The van der Waals surface area contributed by atoms with Crippen LogP contribution in [0.5, 0.6) is 0 Å². The Morgan fingerprint density at radius 1 is 1.50 bits per heavy atom. The molecule has 0 aromatic heterocycles. The van der Waals surface area contributed by atoms with E-state index in [2.05, 4.69) is 17.9 Å². The molecule has 0 saturated heterocycles. The maximum absolute atomic E-state index is 12.2. The Labute approximate surface area is 138 Å². The molecule has 1 N–H and O–H groups in total. The number of carbonyl (C=O) groups excluding carboxylic acids is 2. The van der Waals surface area contributed by atoms with Gasteiger partial charge in [-0.15, -0.1) is 12.6 Å². The highest BCUT2D eigenvalue weighted by atomic mass is 35.5. The third kappa shape index (κ3) is 2.96. The first-order valence-corrected chi connectivity index (χ1v) is 7.38. The van der Waals surface area contributed by atoms with Crippen LogP contribution in [0.25, 0.3) is 0 Å². The minimum atomic E-state index is -1.18. The van der Waals surface area contributed by atoms with Gasteiger partial charge in [0.1, 0.15) is 5.92 Å². The first-order valence-electron chi connectivity index (χ1n) is 6.56. The molecule has 0 aliphatic carbocycles. The number of nitrogens with zero attached hydrogens (tertiary/aromatic N) is 1. The lowest BCUT2D eigenvalue weighted by Gasteiger charge is -2.30. The average molecular weight is 337 g/mol. The summed E-state index contributed by atoms with van der Waals surface area (Å²) in [5.41, 5.74) is 0.689. The summed E-state index contributed by atoms with van der Waals surface area (Å²) < 4.78 is 4.97. The number of carbonyl (C=O) groups is 2. The maximum atomic E-state index is 12.2. The summed E-state index contributed by atoms with van der Waals surface area (Å²) in [5.74, 6) is -3.25. The summed E-state index contributed by atoms with van der Waals surface area (Å²) >= 11 is 10.3. The number of hydrogen-bond donors (Lipinski definition) is 2. The second-order valence-electron chi connectivity index (χ2n) is 4.59. The number of nitrogens with one attached hydrogen (secondary N) is 1. The van der Waals surface area contributed by atoms with Crippen LogP contribution in [-0.4, -0.2) is 18.5 Å². The van der Waals surface area contributed by atoms with E-state index < -0.39 is 23.7 Å². The second kappa shape index (κ2) is 6.86. The summed E-state index contributed by atoms with van der Waals surface area (Å²) in [5, 5.41) is 12.3. The number of hydrogen-bond acceptors (Lipinski definition) is 5. The van der Waals surface area contributed by atoms with Gasteiger partial charge >= 0.3 is 5.97 Å². The van der Waals surface area contributed by atoms with Crippen LogP contribution in [0.4, 0.5) is 0 Å². The molecule has 2 unspecified atom stereocenters. The second-order valence-corrected chi connectivity index (χ2v) is 5.45. The zero-order valence-corrected chi connectivity index (χ0v) is 13.3. The van der Waals surface area contributed by atoms with Crippen LogP contribution < -0.4 is 5.32 Å². The molecule has 5 nitrogen and oxygen atoms in total. The molecule has 0 fully saturated rings. The van der Waals surface area contributed by atoms with Crippen molar-refractivity contribution in [1.82, 2.24) is 5.32 Å². The summed E-state index contributed by atoms with van der Waals surface area (Å²) in [4.78, 5) is 24.4. The van der Waals surface area contributed by atoms with Crippen LogP contribution in [0.1, 0.15) is 18.4 Å². The van der Waals surface area contributed by atoms with E-state index in [1.165, 1.54) is 0 Å². The SMILES string of the molecule is CCOC(=O)C1C(=O)NC(S)=C(C#N)C1c1ccccc1Cl. The highest BCUT2D eigenvalue weighted by Gasteiger charge is 2.44. The van der Waals surface area contributed by atoms with Crippen molar-refractivity contribution in [1.29, 1.82) is 5.26 Å². The van der Waals surface area contributed by atoms with E-state index in [1.807, 2.05) is 6.07 Å². The van der Waals surface area contributed by atoms with Gasteiger partial charge in [-0.3, -0.25) is 9.59 Å². The van der Waals surface area contributed by atoms with Gasteiger partial charge in [0, 0.05) is 10.9 Å². The predicted octanol–water partition coefficient (Wildman–Crippen LogP) is 2.40. The van der Waals surface area contributed by atoms with Gasteiger partial charge in [0.25, 0.3) is 0 Å². The number of rotatable bonds is 3. The zero-order chi connectivity index (χ0) is 16.3. The van der Waals surface area contributed by atoms with Crippen molar-refractivity contribution >= 4 is 36.1 Å². The molecule has 0 radical (unpaired) electrons. The fourth-order valence-corrected chi connectivity index (χ4v) is 2.94. The minimum Gasteiger partial charge on any atom is -0.465 e. The largest absolute Gasteiger partial charge is 0.465 e. The van der Waals surface area contributed by atoms with Crippen LogP contribution in [0, 0.1) is 17.2 Å². The van der Waals surface area contributed by atoms with Gasteiger partial charge in [-0.25, -0.2) is 0 Å². The van der Waals surface area contributed by atoms with Gasteiger partial charge in [0.2, 0.25) is 5.91 Å². The third-order valence-electron chi connectivity index (χ3n) is 3.32. The number of benzene rings is 1. The molecule has 1 heterocycles. The molecule has 114 valence electrons. The molecule has 0 bridgehead atoms. The minimum absolute atomic E-state index is 0.123. The number of amides is 1. The van der Waals surface area contributed by atoms with Crippen LogP contribution >= 0.6 is 24.2 Å². The molecule has 1 aromatic rings. The molecule has 22 heavy (non-hydrogen) atoms. The maximum Gasteiger partial charge on any atom is 0.319 e. The van der Waals surface area contributed by atoms with Crippen LogP contribution in [0.2, 0.25) is 5.02 Å². The van der Waals surface area contributed by atoms with E-state index in [0.29, 0.717) is 10.6 Å². The molecule has 2 atom stereocenters. The van der Waals surface area contributed by atoms with E-state index in [1.54, 1.807) is 31.2 Å². The molecule has 1 aliphatic heterocycles. The number of thiol groups is 1. The monoisotopic (exact) mass is 336 g/mol. The number of halogens is 1. The van der Waals surface area contributed by atoms with Crippen LogP contribution in [-0.2, 0) is 14.3 Å². The van der Waals surface area contributed by atoms with Gasteiger partial charge in [-0.05, 0) is 18.6 Å². The lowest BCUT2D eigenvalue weighted by molar-refractivity contribution is -0.152. The highest BCUT2D eigenvalue weighted by molar-refractivity contribution is 7.84. The standard InChI is InChI=1S/C15H13ClN2O3S/c1-2-21-15(20)12-11(8-5-3-4-6-10(8)16)9(7-17)14(22)18-13(12)19/h3-6,11-12,22H,2H2,1H3,(H,18,19). The topological polar surface area (TPSA) is 79.2 Å². The Morgan fingerprint density at radius 3 is 2.77 bits per heavy atom. The molecule has 7 heteroatoms. The van der Waals surface area contributed by atoms with Gasteiger partial charge in [0.05, 0.1) is 23.3 Å². The number of esters is 1. The summed E-state index contributed by atoms with van der Waals surface area (Å²) in [6, 6.07) is 8.77. The fraction of sp³-hybridized carbons (Fsp3) is 0.267. The fourth-order valence-electron chi connectivity index (χ4n) is 2.39. The molecule has 0 saturated carbocycles. The molecule has 1 amide bonds. The number of allylic oxidation sites excluding steroid dienone is 1. The quantitative estimate of drug-likeness (QED) is 0.504. The van der Waals surface area contributed by atoms with Crippen molar-refractivity contribution in [2.45, 2.75) is 12.8 Å². The first-order chi connectivity index (χ1) is 10.5. The van der Waals surface area contributed by atoms with Gasteiger partial charge in [-0.2, -0.15) is 5.26 Å². The first kappa shape index (κ1) is 16.4. The van der Waals surface area contributed by atoms with Crippen molar-refractivity contribution in [2.24, 2.45) is 5.92 Å². The Balaban J connectivity index is 2.61. The van der Waals surface area contributed by atoms with Crippen molar-refractivity contribution in [3.05, 3.63) is 45.5 Å². The molecule has 1 aromatic carbocycles. The Morgan fingerprint density at radius 2 is 2.18 bits per heavy atom. The summed E-state index contributed by atoms with van der Waals surface area (Å²) in [6.07, 6.45) is 0. The number of ether oxygens (including phenoxy) is 1. The third-order valence-corrected chi connectivity index (χ3v) is 4.02. The lowest BCUT2D eigenvalue weighted by Crippen LogP contribution is -2.44. The molecular formula is C15H13ClN2O3S. The highest BCUT2D eigenvalue weighted by Crippen LogP contribution is 2.40. The van der Waals surface area contributed by atoms with Crippen molar-refractivity contribution < 1.29 is 14.3 Å². The van der Waals surface area contributed by atoms with Crippen molar-refractivity contribution in [3.63, 3.8) is 0 Å². The van der Waals surface area contributed by atoms with Crippen LogP contribution in [0.15, 0.2) is 34.9 Å². The molecule has 1 aliphatic rings. The summed E-state index contributed by atoms with van der Waals surface area (Å²) in [7, 11) is 0. The smallest absolute Gasteiger partial charge is 0.319 e. The van der Waals surface area contributed by atoms with E-state index in [9.17, 15) is 14.9 Å². The molecular weight excluding hydrogens is 324 g/mol. The molecule has 2 rings (SSSR count). The van der Waals surface area contributed by atoms with Crippen molar-refractivity contribution in [2.75, 3.05) is 6.61 Å². The normalized spacial score (nSPS) is 21.1. The lowest BCUT2D eigenvalue weighted by atomic mass is 9.78. The Bertz CT molecular complexity index is 696. The zero-order valence-electron chi connectivity index (χ0n) is 11.7. The van der Waals surface area contributed by atoms with E-state index in [-0.39, 0.29) is 17.2 Å². The average Bonchev–Trinajstić information content (AvgIpc) is 2.47. The molecule has 0 spiro atoms. The van der Waals surface area contributed by atoms with Crippen molar-refractivity contribution in [3.8, 4) is 6.07 Å². The van der Waals surface area contributed by atoms with Crippen LogP contribution in [0.3, 0.4) is 0 Å². The number of nitriles is 1.